The molecular formula is C22H30N2O2S. The van der Waals surface area contributed by atoms with Gasteiger partial charge in [-0.15, -0.1) is 0 Å². The topological polar surface area (TPSA) is 40.6 Å². The van der Waals surface area contributed by atoms with Crippen LogP contribution in [-0.2, 0) is 15.4 Å². The number of anilines is 1. The number of hydrogen-bond acceptors (Lipinski definition) is 3. The molecule has 0 unspecified atom stereocenters. The van der Waals surface area contributed by atoms with E-state index in [1.165, 1.54) is 16.8 Å². The fourth-order valence-corrected chi connectivity index (χ4v) is 5.03. The first-order chi connectivity index (χ1) is 12.6. The summed E-state index contributed by atoms with van der Waals surface area (Å²) < 4.78 is 27.6. The average Bonchev–Trinajstić information content (AvgIpc) is 2.61. The Morgan fingerprint density at radius 1 is 0.852 bits per heavy atom. The van der Waals surface area contributed by atoms with Crippen LogP contribution in [0.1, 0.15) is 37.5 Å². The maximum Gasteiger partial charge on any atom is 0.243 e. The monoisotopic (exact) mass is 386 g/mol. The third-order valence-corrected chi connectivity index (χ3v) is 7.20. The van der Waals surface area contributed by atoms with Crippen LogP contribution in [0, 0.1) is 13.8 Å². The van der Waals surface area contributed by atoms with Gasteiger partial charge in [-0.25, -0.2) is 8.42 Å². The largest absolute Gasteiger partial charge is 0.369 e. The molecule has 0 aromatic heterocycles. The van der Waals surface area contributed by atoms with E-state index in [1.54, 1.807) is 16.4 Å². The molecule has 1 aliphatic rings. The van der Waals surface area contributed by atoms with Crippen LogP contribution in [0.3, 0.4) is 0 Å². The number of aryl methyl sites for hydroxylation is 2. The van der Waals surface area contributed by atoms with E-state index in [9.17, 15) is 8.42 Å². The van der Waals surface area contributed by atoms with Gasteiger partial charge in [-0.05, 0) is 48.6 Å². The van der Waals surface area contributed by atoms with Gasteiger partial charge in [0.2, 0.25) is 10.0 Å². The second-order valence-electron chi connectivity index (χ2n) is 8.46. The van der Waals surface area contributed by atoms with Gasteiger partial charge >= 0.3 is 0 Å². The Hall–Kier alpha value is -1.85. The highest BCUT2D eigenvalue weighted by Crippen LogP contribution is 2.27. The van der Waals surface area contributed by atoms with Crippen LogP contribution in [0.15, 0.2) is 47.4 Å². The maximum atomic E-state index is 13.0. The standard InChI is InChI=1S/C22H30N2O2S/c1-17-6-11-21(18(2)16-17)23-12-14-24(15-13-23)27(25,26)20-9-7-19(8-10-20)22(3,4)5/h6-11,16H,12-15H2,1-5H3. The van der Waals surface area contributed by atoms with Crippen LogP contribution in [0.2, 0.25) is 0 Å². The first-order valence-corrected chi connectivity index (χ1v) is 11.0. The van der Waals surface area contributed by atoms with Gasteiger partial charge in [-0.1, -0.05) is 50.6 Å². The number of piperazine rings is 1. The van der Waals surface area contributed by atoms with Gasteiger partial charge in [-0.2, -0.15) is 4.31 Å². The highest BCUT2D eigenvalue weighted by Gasteiger charge is 2.29. The van der Waals surface area contributed by atoms with Crippen molar-refractivity contribution < 1.29 is 8.42 Å². The van der Waals surface area contributed by atoms with Gasteiger partial charge in [0.25, 0.3) is 0 Å². The first kappa shape index (κ1) is 19.9. The fourth-order valence-electron chi connectivity index (χ4n) is 3.61. The van der Waals surface area contributed by atoms with Crippen LogP contribution >= 0.6 is 0 Å². The van der Waals surface area contributed by atoms with E-state index in [0.29, 0.717) is 31.1 Å². The zero-order valence-electron chi connectivity index (χ0n) is 17.0. The van der Waals surface area contributed by atoms with Crippen molar-refractivity contribution in [3.05, 3.63) is 59.2 Å². The quantitative estimate of drug-likeness (QED) is 0.797. The summed E-state index contributed by atoms with van der Waals surface area (Å²) in [7, 11) is -3.44. The van der Waals surface area contributed by atoms with Gasteiger partial charge in [0, 0.05) is 31.9 Å². The number of hydrogen-bond donors (Lipinski definition) is 0. The lowest BCUT2D eigenvalue weighted by Crippen LogP contribution is -2.48. The molecule has 0 N–H and O–H groups in total. The van der Waals surface area contributed by atoms with Gasteiger partial charge < -0.3 is 4.90 Å². The van der Waals surface area contributed by atoms with Crippen molar-refractivity contribution in [3.63, 3.8) is 0 Å². The molecule has 1 heterocycles. The van der Waals surface area contributed by atoms with Crippen LogP contribution < -0.4 is 4.90 Å². The molecule has 0 atom stereocenters. The molecule has 2 aromatic carbocycles. The molecule has 2 aromatic rings. The number of nitrogens with zero attached hydrogens (tertiary/aromatic N) is 2. The lowest BCUT2D eigenvalue weighted by molar-refractivity contribution is 0.384. The second kappa shape index (κ2) is 7.28. The van der Waals surface area contributed by atoms with E-state index >= 15 is 0 Å². The average molecular weight is 387 g/mol. The Morgan fingerprint density at radius 3 is 1.96 bits per heavy atom. The third-order valence-electron chi connectivity index (χ3n) is 5.29. The molecule has 0 saturated carbocycles. The summed E-state index contributed by atoms with van der Waals surface area (Å²) in [5.74, 6) is 0. The van der Waals surface area contributed by atoms with Crippen LogP contribution in [0.25, 0.3) is 0 Å². The van der Waals surface area contributed by atoms with Crippen molar-refractivity contribution in [2.75, 3.05) is 31.1 Å². The molecule has 3 rings (SSSR count). The van der Waals surface area contributed by atoms with E-state index in [2.05, 4.69) is 57.7 Å². The zero-order chi connectivity index (χ0) is 19.8. The molecular weight excluding hydrogens is 356 g/mol. The normalized spacial score (nSPS) is 16.6. The third kappa shape index (κ3) is 4.19. The van der Waals surface area contributed by atoms with Crippen molar-refractivity contribution in [1.82, 2.24) is 4.31 Å². The van der Waals surface area contributed by atoms with E-state index < -0.39 is 10.0 Å². The maximum absolute atomic E-state index is 13.0. The molecule has 1 aliphatic heterocycles. The fraction of sp³-hybridized carbons (Fsp3) is 0.455. The summed E-state index contributed by atoms with van der Waals surface area (Å²) >= 11 is 0. The van der Waals surface area contributed by atoms with Crippen molar-refractivity contribution in [2.24, 2.45) is 0 Å². The summed E-state index contributed by atoms with van der Waals surface area (Å²) in [6.07, 6.45) is 0. The highest BCUT2D eigenvalue weighted by atomic mass is 32.2. The second-order valence-corrected chi connectivity index (χ2v) is 10.4. The summed E-state index contributed by atoms with van der Waals surface area (Å²) in [6, 6.07) is 13.8. The van der Waals surface area contributed by atoms with Crippen LogP contribution in [-0.4, -0.2) is 38.9 Å². The van der Waals surface area contributed by atoms with Gasteiger partial charge in [-0.3, -0.25) is 0 Å². The number of benzene rings is 2. The number of sulfonamides is 1. The molecule has 146 valence electrons. The predicted molar refractivity (Wildman–Crippen MR) is 112 cm³/mol. The molecule has 5 heteroatoms. The molecule has 4 nitrogen and oxygen atoms in total. The van der Waals surface area contributed by atoms with Gasteiger partial charge in [0.05, 0.1) is 4.90 Å². The molecule has 0 bridgehead atoms. The molecule has 0 aliphatic carbocycles. The smallest absolute Gasteiger partial charge is 0.243 e. The minimum Gasteiger partial charge on any atom is -0.369 e. The Kier molecular flexibility index (Phi) is 5.37. The molecule has 1 fully saturated rings. The summed E-state index contributed by atoms with van der Waals surface area (Å²) in [5.41, 5.74) is 4.84. The molecule has 0 spiro atoms. The minimum atomic E-state index is -3.44. The summed E-state index contributed by atoms with van der Waals surface area (Å²) in [6.45, 7) is 13.0. The molecule has 0 radical (unpaired) electrons. The minimum absolute atomic E-state index is 0.0137. The SMILES string of the molecule is Cc1ccc(N2CCN(S(=O)(=O)c3ccc(C(C)(C)C)cc3)CC2)c(C)c1. The van der Waals surface area contributed by atoms with Crippen molar-refractivity contribution >= 4 is 15.7 Å². The summed E-state index contributed by atoms with van der Waals surface area (Å²) in [5, 5.41) is 0. The van der Waals surface area contributed by atoms with Crippen molar-refractivity contribution in [1.29, 1.82) is 0 Å². The highest BCUT2D eigenvalue weighted by molar-refractivity contribution is 7.89. The van der Waals surface area contributed by atoms with E-state index in [4.69, 9.17) is 0 Å². The van der Waals surface area contributed by atoms with E-state index in [-0.39, 0.29) is 5.41 Å². The van der Waals surface area contributed by atoms with E-state index in [0.717, 1.165) is 5.56 Å². The van der Waals surface area contributed by atoms with E-state index in [1.807, 2.05) is 12.1 Å². The first-order valence-electron chi connectivity index (χ1n) is 9.52. The Labute approximate surface area is 163 Å². The molecule has 27 heavy (non-hydrogen) atoms. The van der Waals surface area contributed by atoms with Gasteiger partial charge in [0.1, 0.15) is 0 Å². The lowest BCUT2D eigenvalue weighted by atomic mass is 9.87. The van der Waals surface area contributed by atoms with Gasteiger partial charge in [0.15, 0.2) is 0 Å². The van der Waals surface area contributed by atoms with Crippen molar-refractivity contribution in [3.8, 4) is 0 Å². The zero-order valence-corrected chi connectivity index (χ0v) is 17.8. The lowest BCUT2D eigenvalue weighted by Gasteiger charge is -2.36. The Morgan fingerprint density at radius 2 is 1.44 bits per heavy atom. The van der Waals surface area contributed by atoms with Crippen LogP contribution in [0.5, 0.6) is 0 Å². The molecule has 1 saturated heterocycles. The number of rotatable bonds is 3. The van der Waals surface area contributed by atoms with Crippen LogP contribution in [0.4, 0.5) is 5.69 Å². The predicted octanol–water partition coefficient (Wildman–Crippen LogP) is 4.11. The van der Waals surface area contributed by atoms with Crippen molar-refractivity contribution in [2.45, 2.75) is 44.9 Å². The molecule has 0 amide bonds. The Bertz CT molecular complexity index is 904. The Balaban J connectivity index is 1.73. The summed E-state index contributed by atoms with van der Waals surface area (Å²) in [4.78, 5) is 2.67.